The number of rotatable bonds is 3. The molecule has 6 rings (SSSR count). The lowest BCUT2D eigenvalue weighted by Crippen LogP contribution is -2.56. The van der Waals surface area contributed by atoms with Crippen molar-refractivity contribution in [3.05, 3.63) is 47.7 Å². The second-order valence-electron chi connectivity index (χ2n) is 10.9. The van der Waals surface area contributed by atoms with Crippen LogP contribution in [0, 0.1) is 18.2 Å². The third-order valence-electron chi connectivity index (χ3n) is 8.60. The summed E-state index contributed by atoms with van der Waals surface area (Å²) < 4.78 is 15.2. The molecule has 1 saturated carbocycles. The van der Waals surface area contributed by atoms with Crippen molar-refractivity contribution in [3.63, 3.8) is 0 Å². The number of fused-ring (bicyclic) bond motifs is 2. The molecule has 1 amide bonds. The third-order valence-corrected chi connectivity index (χ3v) is 8.60. The minimum atomic E-state index is -0.988. The standard InChI is InChI=1S/C28H32FN5O2/c1-17-22(16-31-24-4-3-7-30-26(17)24)21-10-18-12-25(32-15-19(18)11-23(21)29)34(27(35)36)20-13-28(14-20)5-8-33(2)9-6-28/h10-12,15-16,20,30H,3-9,13-14H2,1-2H3,(H,35,36). The van der Waals surface area contributed by atoms with Gasteiger partial charge < -0.3 is 15.3 Å². The molecule has 2 aliphatic heterocycles. The molecule has 2 aromatic heterocycles. The Morgan fingerprint density at radius 2 is 1.92 bits per heavy atom. The molecule has 7 nitrogen and oxygen atoms in total. The van der Waals surface area contributed by atoms with Crippen LogP contribution in [0.25, 0.3) is 21.9 Å². The van der Waals surface area contributed by atoms with E-state index in [9.17, 15) is 9.90 Å². The van der Waals surface area contributed by atoms with Crippen LogP contribution in [-0.2, 0) is 6.42 Å². The van der Waals surface area contributed by atoms with Crippen LogP contribution in [0.4, 0.5) is 20.7 Å². The third kappa shape index (κ3) is 3.88. The molecule has 0 bridgehead atoms. The Morgan fingerprint density at radius 3 is 2.67 bits per heavy atom. The monoisotopic (exact) mass is 489 g/mol. The number of nitrogens with zero attached hydrogens (tertiary/aromatic N) is 4. The van der Waals surface area contributed by atoms with E-state index in [0.717, 1.165) is 86.1 Å². The zero-order valence-corrected chi connectivity index (χ0v) is 20.9. The molecule has 3 aliphatic rings. The number of anilines is 2. The first-order valence-corrected chi connectivity index (χ1v) is 12.9. The number of amides is 1. The van der Waals surface area contributed by atoms with Gasteiger partial charge in [0, 0.05) is 41.5 Å². The first-order valence-electron chi connectivity index (χ1n) is 12.9. The SMILES string of the molecule is Cc1c(-c2cc3cc(N(C(=O)O)C4CC5(CCN(C)CC5)C4)ncc3cc2F)cnc2c1NCCC2. The fraction of sp³-hybridized carbons (Fsp3) is 0.464. The van der Waals surface area contributed by atoms with Crippen LogP contribution >= 0.6 is 0 Å². The molecule has 188 valence electrons. The summed E-state index contributed by atoms with van der Waals surface area (Å²) in [6, 6.07) is 4.99. The van der Waals surface area contributed by atoms with Gasteiger partial charge in [0.1, 0.15) is 11.6 Å². The van der Waals surface area contributed by atoms with Gasteiger partial charge in [-0.3, -0.25) is 9.88 Å². The van der Waals surface area contributed by atoms with Gasteiger partial charge in [-0.25, -0.2) is 14.2 Å². The van der Waals surface area contributed by atoms with Gasteiger partial charge in [-0.15, -0.1) is 0 Å². The summed E-state index contributed by atoms with van der Waals surface area (Å²) in [5.41, 5.74) is 4.48. The number of halogens is 1. The number of hydrogen-bond donors (Lipinski definition) is 2. The molecule has 1 aromatic carbocycles. The van der Waals surface area contributed by atoms with Gasteiger partial charge in [0.25, 0.3) is 0 Å². The summed E-state index contributed by atoms with van der Waals surface area (Å²) in [7, 11) is 2.14. The van der Waals surface area contributed by atoms with Gasteiger partial charge in [-0.05, 0) is 100 Å². The largest absolute Gasteiger partial charge is 0.465 e. The lowest BCUT2D eigenvalue weighted by atomic mass is 9.60. The van der Waals surface area contributed by atoms with E-state index in [4.69, 9.17) is 0 Å². The number of aromatic nitrogens is 2. The van der Waals surface area contributed by atoms with Gasteiger partial charge in [-0.1, -0.05) is 0 Å². The number of aryl methyl sites for hydroxylation is 1. The topological polar surface area (TPSA) is 81.6 Å². The predicted octanol–water partition coefficient (Wildman–Crippen LogP) is 5.46. The quantitative estimate of drug-likeness (QED) is 0.508. The maximum Gasteiger partial charge on any atom is 0.413 e. The molecular formula is C28H32FN5O2. The first-order chi connectivity index (χ1) is 17.3. The highest BCUT2D eigenvalue weighted by Crippen LogP contribution is 2.51. The van der Waals surface area contributed by atoms with E-state index in [0.29, 0.717) is 16.8 Å². The number of piperidine rings is 1. The lowest BCUT2D eigenvalue weighted by Gasteiger charge is -2.54. The summed E-state index contributed by atoms with van der Waals surface area (Å²) in [6.07, 6.45) is 8.28. The maximum atomic E-state index is 15.2. The molecule has 8 heteroatoms. The van der Waals surface area contributed by atoms with Crippen molar-refractivity contribution in [1.29, 1.82) is 0 Å². The predicted molar refractivity (Wildman–Crippen MR) is 139 cm³/mol. The van der Waals surface area contributed by atoms with E-state index in [1.54, 1.807) is 24.5 Å². The van der Waals surface area contributed by atoms with Gasteiger partial charge in [0.05, 0.1) is 11.4 Å². The van der Waals surface area contributed by atoms with E-state index in [1.807, 2.05) is 6.92 Å². The van der Waals surface area contributed by atoms with Crippen molar-refractivity contribution in [2.75, 3.05) is 36.9 Å². The average Bonchev–Trinajstić information content (AvgIpc) is 2.84. The van der Waals surface area contributed by atoms with E-state index in [-0.39, 0.29) is 17.3 Å². The van der Waals surface area contributed by atoms with Crippen molar-refractivity contribution in [2.24, 2.45) is 5.41 Å². The van der Waals surface area contributed by atoms with E-state index < -0.39 is 6.09 Å². The van der Waals surface area contributed by atoms with Crippen molar-refractivity contribution >= 4 is 28.4 Å². The summed E-state index contributed by atoms with van der Waals surface area (Å²) in [6.45, 7) is 5.01. The van der Waals surface area contributed by atoms with Crippen LogP contribution in [0.1, 0.15) is 43.4 Å². The zero-order valence-electron chi connectivity index (χ0n) is 20.9. The molecule has 4 heterocycles. The second kappa shape index (κ2) is 8.69. The Bertz CT molecular complexity index is 1340. The van der Waals surface area contributed by atoms with Crippen LogP contribution in [0.2, 0.25) is 0 Å². The van der Waals surface area contributed by atoms with E-state index in [1.165, 1.54) is 11.0 Å². The van der Waals surface area contributed by atoms with Crippen LogP contribution in [0.5, 0.6) is 0 Å². The second-order valence-corrected chi connectivity index (χ2v) is 10.9. The Morgan fingerprint density at radius 1 is 1.14 bits per heavy atom. The molecule has 0 atom stereocenters. The Labute approximate surface area is 210 Å². The first kappa shape index (κ1) is 23.2. The number of benzene rings is 1. The van der Waals surface area contributed by atoms with E-state index >= 15 is 4.39 Å². The molecule has 2 fully saturated rings. The maximum absolute atomic E-state index is 15.2. The highest BCUT2D eigenvalue weighted by Gasteiger charge is 2.49. The van der Waals surface area contributed by atoms with Crippen molar-refractivity contribution in [1.82, 2.24) is 14.9 Å². The minimum Gasteiger partial charge on any atom is -0.465 e. The summed E-state index contributed by atoms with van der Waals surface area (Å²) in [5, 5.41) is 14.9. The fourth-order valence-electron chi connectivity index (χ4n) is 6.38. The van der Waals surface area contributed by atoms with Crippen LogP contribution < -0.4 is 10.2 Å². The number of likely N-dealkylation sites (tertiary alicyclic amines) is 1. The molecule has 1 aliphatic carbocycles. The van der Waals surface area contributed by atoms with Gasteiger partial charge in [-0.2, -0.15) is 0 Å². The Kier molecular flexibility index (Phi) is 5.59. The number of nitrogens with one attached hydrogen (secondary N) is 1. The normalized spacial score (nSPS) is 19.5. The van der Waals surface area contributed by atoms with Gasteiger partial charge in [0.2, 0.25) is 0 Å². The highest BCUT2D eigenvalue weighted by atomic mass is 19.1. The molecule has 0 radical (unpaired) electrons. The van der Waals surface area contributed by atoms with Crippen LogP contribution in [0.3, 0.4) is 0 Å². The summed E-state index contributed by atoms with van der Waals surface area (Å²) in [5.74, 6) is 0.0679. The van der Waals surface area contributed by atoms with Crippen LogP contribution in [0.15, 0.2) is 30.6 Å². The van der Waals surface area contributed by atoms with Crippen molar-refractivity contribution < 1.29 is 14.3 Å². The zero-order chi connectivity index (χ0) is 25.0. The molecule has 0 unspecified atom stereocenters. The number of carbonyl (C=O) groups is 1. The highest BCUT2D eigenvalue weighted by molar-refractivity contribution is 5.93. The summed E-state index contributed by atoms with van der Waals surface area (Å²) in [4.78, 5) is 25.1. The minimum absolute atomic E-state index is 0.0751. The molecule has 2 N–H and O–H groups in total. The van der Waals surface area contributed by atoms with E-state index in [2.05, 4.69) is 27.2 Å². The van der Waals surface area contributed by atoms with Crippen molar-refractivity contribution in [3.8, 4) is 11.1 Å². The Balaban J connectivity index is 1.33. The molecule has 1 saturated heterocycles. The number of carboxylic acid groups (broad SMARTS) is 1. The molecule has 1 spiro atoms. The molecule has 3 aromatic rings. The van der Waals surface area contributed by atoms with Crippen molar-refractivity contribution in [2.45, 2.75) is 51.5 Å². The van der Waals surface area contributed by atoms with Gasteiger partial charge >= 0.3 is 6.09 Å². The fourth-order valence-corrected chi connectivity index (χ4v) is 6.38. The molecule has 36 heavy (non-hydrogen) atoms. The summed E-state index contributed by atoms with van der Waals surface area (Å²) >= 11 is 0. The number of hydrogen-bond acceptors (Lipinski definition) is 5. The smallest absolute Gasteiger partial charge is 0.413 e. The van der Waals surface area contributed by atoms with Gasteiger partial charge in [0.15, 0.2) is 0 Å². The number of pyridine rings is 2. The lowest BCUT2D eigenvalue weighted by molar-refractivity contribution is 0.0237. The van der Waals surface area contributed by atoms with Crippen LogP contribution in [-0.4, -0.2) is 58.8 Å². The Hall–Kier alpha value is -3.26. The molecular weight excluding hydrogens is 457 g/mol. The average molecular weight is 490 g/mol.